The van der Waals surface area contributed by atoms with Gasteiger partial charge in [-0.2, -0.15) is 0 Å². The van der Waals surface area contributed by atoms with Crippen LogP contribution in [0.5, 0.6) is 0 Å². The van der Waals surface area contributed by atoms with Crippen LogP contribution in [0.4, 0.5) is 8.78 Å². The molecule has 1 rings (SSSR count). The third kappa shape index (κ3) is 5.73. The molecule has 0 radical (unpaired) electrons. The minimum Gasteiger partial charge on any atom is -0.375 e. The van der Waals surface area contributed by atoms with E-state index in [1.54, 1.807) is 0 Å². The molecule has 4 nitrogen and oxygen atoms in total. The second kappa shape index (κ2) is 8.37. The first kappa shape index (κ1) is 15.3. The molecule has 0 aromatic carbocycles. The van der Waals surface area contributed by atoms with Crippen LogP contribution in [0, 0.1) is 11.8 Å². The van der Waals surface area contributed by atoms with Gasteiger partial charge in [0.15, 0.2) is 0 Å². The van der Waals surface area contributed by atoms with Crippen LogP contribution < -0.4 is 11.1 Å². The fourth-order valence-corrected chi connectivity index (χ4v) is 2.36. The van der Waals surface area contributed by atoms with Crippen molar-refractivity contribution in [1.29, 1.82) is 0 Å². The van der Waals surface area contributed by atoms with Crippen molar-refractivity contribution in [2.45, 2.75) is 32.1 Å². The van der Waals surface area contributed by atoms with E-state index in [1.165, 1.54) is 6.42 Å². The normalized spacial score (nSPS) is 23.6. The summed E-state index contributed by atoms with van der Waals surface area (Å²) in [7, 11) is 0. The van der Waals surface area contributed by atoms with Gasteiger partial charge in [-0.25, -0.2) is 8.78 Å². The Bertz CT molecular complexity index is 252. The number of nitrogens with two attached hydrogens (primary N) is 1. The first-order valence-corrected chi connectivity index (χ1v) is 6.46. The topological polar surface area (TPSA) is 64.3 Å². The molecule has 1 amide bonds. The Labute approximate surface area is 106 Å². The Morgan fingerprint density at radius 3 is 2.78 bits per heavy atom. The van der Waals surface area contributed by atoms with Gasteiger partial charge in [0.05, 0.1) is 6.61 Å². The molecule has 0 aromatic rings. The Morgan fingerprint density at radius 2 is 2.11 bits per heavy atom. The van der Waals surface area contributed by atoms with Crippen molar-refractivity contribution in [3.8, 4) is 0 Å². The molecule has 1 saturated carbocycles. The van der Waals surface area contributed by atoms with Gasteiger partial charge >= 0.3 is 0 Å². The van der Waals surface area contributed by atoms with E-state index in [2.05, 4.69) is 10.1 Å². The molecule has 0 heterocycles. The number of amides is 1. The second-order valence-electron chi connectivity index (χ2n) is 4.71. The standard InChI is InChI=1S/C12H22F2N2O2/c13-11(14)8-18-5-4-12(17)16-7-10-3-1-2-9(10)6-15/h9-11H,1-8,15H2,(H,16,17). The van der Waals surface area contributed by atoms with Gasteiger partial charge in [0.25, 0.3) is 6.43 Å². The van der Waals surface area contributed by atoms with Gasteiger partial charge in [-0.1, -0.05) is 6.42 Å². The summed E-state index contributed by atoms with van der Waals surface area (Å²) in [5, 5.41) is 2.82. The predicted molar refractivity (Wildman–Crippen MR) is 64.3 cm³/mol. The van der Waals surface area contributed by atoms with E-state index >= 15 is 0 Å². The van der Waals surface area contributed by atoms with Crippen LogP contribution in [0.3, 0.4) is 0 Å². The quantitative estimate of drug-likeness (QED) is 0.646. The van der Waals surface area contributed by atoms with E-state index in [0.717, 1.165) is 12.8 Å². The van der Waals surface area contributed by atoms with Gasteiger partial charge in [0, 0.05) is 13.0 Å². The second-order valence-corrected chi connectivity index (χ2v) is 4.71. The summed E-state index contributed by atoms with van der Waals surface area (Å²) in [5.74, 6) is 0.813. The molecule has 106 valence electrons. The molecule has 0 spiro atoms. The van der Waals surface area contributed by atoms with Gasteiger partial charge < -0.3 is 15.8 Å². The van der Waals surface area contributed by atoms with Crippen molar-refractivity contribution in [2.24, 2.45) is 17.6 Å². The minimum atomic E-state index is -2.48. The molecule has 1 aliphatic carbocycles. The number of ether oxygens (including phenoxy) is 1. The highest BCUT2D eigenvalue weighted by molar-refractivity contribution is 5.75. The van der Waals surface area contributed by atoms with E-state index in [4.69, 9.17) is 5.73 Å². The van der Waals surface area contributed by atoms with Crippen molar-refractivity contribution in [3.05, 3.63) is 0 Å². The van der Waals surface area contributed by atoms with E-state index in [9.17, 15) is 13.6 Å². The SMILES string of the molecule is NCC1CCCC1CNC(=O)CCOCC(F)F. The summed E-state index contributed by atoms with van der Waals surface area (Å²) < 4.78 is 28.2. The molecule has 1 fully saturated rings. The van der Waals surface area contributed by atoms with E-state index in [-0.39, 0.29) is 18.9 Å². The summed E-state index contributed by atoms with van der Waals surface area (Å²) in [6.07, 6.45) is 1.06. The maximum absolute atomic E-state index is 11.8. The number of halogens is 2. The lowest BCUT2D eigenvalue weighted by Gasteiger charge is -2.18. The van der Waals surface area contributed by atoms with E-state index in [1.807, 2.05) is 0 Å². The summed E-state index contributed by atoms with van der Waals surface area (Å²) in [4.78, 5) is 11.4. The molecule has 0 bridgehead atoms. The van der Waals surface area contributed by atoms with Crippen LogP contribution >= 0.6 is 0 Å². The number of alkyl halides is 2. The van der Waals surface area contributed by atoms with Gasteiger partial charge in [0.2, 0.25) is 5.91 Å². The monoisotopic (exact) mass is 264 g/mol. The lowest BCUT2D eigenvalue weighted by Crippen LogP contribution is -2.33. The van der Waals surface area contributed by atoms with Gasteiger partial charge in [-0.3, -0.25) is 4.79 Å². The van der Waals surface area contributed by atoms with Gasteiger partial charge in [0.1, 0.15) is 6.61 Å². The Kier molecular flexibility index (Phi) is 7.12. The highest BCUT2D eigenvalue weighted by Crippen LogP contribution is 2.30. The molecule has 2 unspecified atom stereocenters. The van der Waals surface area contributed by atoms with Crippen LogP contribution in [-0.2, 0) is 9.53 Å². The summed E-state index contributed by atoms with van der Waals surface area (Å²) in [5.41, 5.74) is 5.65. The number of rotatable bonds is 8. The maximum atomic E-state index is 11.8. The average molecular weight is 264 g/mol. The van der Waals surface area contributed by atoms with Crippen LogP contribution in [0.15, 0.2) is 0 Å². The van der Waals surface area contributed by atoms with Crippen molar-refractivity contribution < 1.29 is 18.3 Å². The maximum Gasteiger partial charge on any atom is 0.261 e. The fourth-order valence-electron chi connectivity index (χ4n) is 2.36. The zero-order valence-electron chi connectivity index (χ0n) is 10.5. The Balaban J connectivity index is 2.06. The Morgan fingerprint density at radius 1 is 1.39 bits per heavy atom. The minimum absolute atomic E-state index is 0.0428. The molecule has 6 heteroatoms. The molecule has 1 aliphatic rings. The molecule has 0 aliphatic heterocycles. The molecular formula is C12H22F2N2O2. The largest absolute Gasteiger partial charge is 0.375 e. The van der Waals surface area contributed by atoms with Crippen molar-refractivity contribution in [2.75, 3.05) is 26.3 Å². The molecule has 2 atom stereocenters. The third-order valence-electron chi connectivity index (χ3n) is 3.40. The zero-order valence-corrected chi connectivity index (χ0v) is 10.5. The number of hydrogen-bond donors (Lipinski definition) is 2. The molecule has 0 saturated heterocycles. The molecule has 0 aromatic heterocycles. The lowest BCUT2D eigenvalue weighted by molar-refractivity contribution is -0.122. The molecule has 18 heavy (non-hydrogen) atoms. The Hall–Kier alpha value is -0.750. The van der Waals surface area contributed by atoms with Gasteiger partial charge in [-0.15, -0.1) is 0 Å². The van der Waals surface area contributed by atoms with Crippen LogP contribution in [0.1, 0.15) is 25.7 Å². The average Bonchev–Trinajstić information content (AvgIpc) is 2.79. The number of nitrogens with one attached hydrogen (secondary N) is 1. The summed E-state index contributed by atoms with van der Waals surface area (Å²) >= 11 is 0. The fraction of sp³-hybridized carbons (Fsp3) is 0.917. The first-order chi connectivity index (χ1) is 8.63. The van der Waals surface area contributed by atoms with Gasteiger partial charge in [-0.05, 0) is 31.2 Å². The predicted octanol–water partition coefficient (Wildman–Crippen LogP) is 1.15. The number of carbonyl (C=O) groups is 1. The highest BCUT2D eigenvalue weighted by atomic mass is 19.3. The van der Waals surface area contributed by atoms with Crippen LogP contribution in [0.2, 0.25) is 0 Å². The first-order valence-electron chi connectivity index (χ1n) is 6.46. The van der Waals surface area contributed by atoms with Crippen LogP contribution in [0.25, 0.3) is 0 Å². The van der Waals surface area contributed by atoms with Crippen LogP contribution in [-0.4, -0.2) is 38.6 Å². The summed E-state index contributed by atoms with van der Waals surface area (Å²) in [6, 6.07) is 0. The zero-order chi connectivity index (χ0) is 13.4. The van der Waals surface area contributed by atoms with Crippen molar-refractivity contribution >= 4 is 5.91 Å². The lowest BCUT2D eigenvalue weighted by atomic mass is 9.96. The molecule has 3 N–H and O–H groups in total. The number of hydrogen-bond acceptors (Lipinski definition) is 3. The molecular weight excluding hydrogens is 242 g/mol. The van der Waals surface area contributed by atoms with E-state index in [0.29, 0.717) is 24.9 Å². The number of carbonyl (C=O) groups excluding carboxylic acids is 1. The third-order valence-corrected chi connectivity index (χ3v) is 3.40. The summed E-state index contributed by atoms with van der Waals surface area (Å²) in [6.45, 7) is 0.736. The highest BCUT2D eigenvalue weighted by Gasteiger charge is 2.25. The van der Waals surface area contributed by atoms with E-state index < -0.39 is 13.0 Å². The van der Waals surface area contributed by atoms with Crippen molar-refractivity contribution in [3.63, 3.8) is 0 Å². The smallest absolute Gasteiger partial charge is 0.261 e. The van der Waals surface area contributed by atoms with Crippen molar-refractivity contribution in [1.82, 2.24) is 5.32 Å².